The van der Waals surface area contributed by atoms with Crippen LogP contribution in [0.3, 0.4) is 0 Å². The number of nitrogens with zero attached hydrogens (tertiary/aromatic N) is 4. The predicted octanol–water partition coefficient (Wildman–Crippen LogP) is 3.39. The number of aromatic nitrogens is 4. The zero-order valence-corrected chi connectivity index (χ0v) is 19.5. The van der Waals surface area contributed by atoms with Crippen molar-refractivity contribution >= 4 is 33.6 Å². The van der Waals surface area contributed by atoms with Crippen LogP contribution in [0.15, 0.2) is 55.5 Å². The Balaban J connectivity index is 1.17. The molecule has 0 radical (unpaired) electrons. The van der Waals surface area contributed by atoms with Gasteiger partial charge in [0.15, 0.2) is 0 Å². The second-order valence-corrected chi connectivity index (χ2v) is 9.90. The lowest BCUT2D eigenvalue weighted by atomic mass is 9.95. The first-order valence-corrected chi connectivity index (χ1v) is 12.2. The molecule has 4 heterocycles. The number of anilines is 2. The van der Waals surface area contributed by atoms with E-state index in [0.29, 0.717) is 23.9 Å². The predicted molar refractivity (Wildman–Crippen MR) is 137 cm³/mol. The van der Waals surface area contributed by atoms with E-state index in [1.165, 1.54) is 17.5 Å². The molecule has 35 heavy (non-hydrogen) atoms. The van der Waals surface area contributed by atoms with Gasteiger partial charge in [0.2, 0.25) is 0 Å². The minimum absolute atomic E-state index is 0.0170. The van der Waals surface area contributed by atoms with Crippen LogP contribution in [-0.4, -0.2) is 48.0 Å². The minimum Gasteiger partial charge on any atom is -0.390 e. The molecule has 1 aliphatic carbocycles. The van der Waals surface area contributed by atoms with Crippen molar-refractivity contribution in [3.05, 3.63) is 66.6 Å². The van der Waals surface area contributed by atoms with Crippen molar-refractivity contribution in [3.8, 4) is 0 Å². The Labute approximate surface area is 203 Å². The van der Waals surface area contributed by atoms with Crippen LogP contribution in [0.1, 0.15) is 36.4 Å². The van der Waals surface area contributed by atoms with E-state index in [-0.39, 0.29) is 12.0 Å². The van der Waals surface area contributed by atoms with Crippen molar-refractivity contribution < 1.29 is 10.2 Å². The van der Waals surface area contributed by atoms with E-state index < -0.39 is 12.2 Å². The normalized spacial score (nSPS) is 25.7. The molecule has 8 nitrogen and oxygen atoms in total. The second kappa shape index (κ2) is 8.62. The Bertz CT molecular complexity index is 1420. The molecule has 5 atom stereocenters. The molecule has 0 amide bonds. The maximum Gasteiger partial charge on any atom is 0.145 e. The molecule has 180 valence electrons. The Morgan fingerprint density at radius 3 is 2.91 bits per heavy atom. The molecule has 1 unspecified atom stereocenters. The number of fused-ring (bicyclic) bond motifs is 3. The molecule has 0 spiro atoms. The number of nitrogens with two attached hydrogens (primary N) is 1. The smallest absolute Gasteiger partial charge is 0.145 e. The van der Waals surface area contributed by atoms with Gasteiger partial charge in [-0.3, -0.25) is 0 Å². The first-order chi connectivity index (χ1) is 17.0. The van der Waals surface area contributed by atoms with Crippen LogP contribution in [-0.2, 0) is 12.8 Å². The van der Waals surface area contributed by atoms with Crippen molar-refractivity contribution in [2.24, 2.45) is 5.92 Å². The average Bonchev–Trinajstić information content (AvgIpc) is 3.53. The largest absolute Gasteiger partial charge is 0.390 e. The lowest BCUT2D eigenvalue weighted by molar-refractivity contribution is 0.00545. The molecule has 3 aromatic heterocycles. The standard InChI is InChI=1S/C27H30N6O2/c1-2-3-19-12-18-11-16-6-4-15(10-21(16)32-26(18)31-19)5-7-17-13-22(24(35)23(17)34)33-9-8-20-25(28)29-14-30-27(20)33/h2,4,6,8-11,14,17,19,22-24,34-35H,1,3,5,7,12-13H2,(H,31,32)(H2,28,29,30)/t17-,19?,22+,23+,24-/m1/s1. The summed E-state index contributed by atoms with van der Waals surface area (Å²) in [6, 6.07) is 10.6. The van der Waals surface area contributed by atoms with Crippen LogP contribution < -0.4 is 11.1 Å². The van der Waals surface area contributed by atoms with Gasteiger partial charge >= 0.3 is 0 Å². The van der Waals surface area contributed by atoms with E-state index in [2.05, 4.69) is 46.1 Å². The third-order valence-corrected chi connectivity index (χ3v) is 7.69. The summed E-state index contributed by atoms with van der Waals surface area (Å²) in [5.41, 5.74) is 10.1. The summed E-state index contributed by atoms with van der Waals surface area (Å²) in [7, 11) is 0. The number of hydrogen-bond acceptors (Lipinski definition) is 7. The Kier molecular flexibility index (Phi) is 5.42. The second-order valence-electron chi connectivity index (χ2n) is 9.90. The zero-order chi connectivity index (χ0) is 24.1. The van der Waals surface area contributed by atoms with Gasteiger partial charge < -0.3 is 25.8 Å². The molecule has 6 rings (SSSR count). The topological polar surface area (TPSA) is 122 Å². The van der Waals surface area contributed by atoms with Crippen molar-refractivity contribution in [2.75, 3.05) is 11.1 Å². The van der Waals surface area contributed by atoms with Gasteiger partial charge in [-0.1, -0.05) is 18.2 Å². The van der Waals surface area contributed by atoms with Gasteiger partial charge in [-0.05, 0) is 67.3 Å². The van der Waals surface area contributed by atoms with Crippen LogP contribution in [0.25, 0.3) is 21.9 Å². The summed E-state index contributed by atoms with van der Waals surface area (Å²) in [5, 5.41) is 27.1. The maximum atomic E-state index is 10.8. The summed E-state index contributed by atoms with van der Waals surface area (Å²) < 4.78 is 1.93. The van der Waals surface area contributed by atoms with Gasteiger partial charge in [0.25, 0.3) is 0 Å². The summed E-state index contributed by atoms with van der Waals surface area (Å²) in [4.78, 5) is 13.3. The van der Waals surface area contributed by atoms with Crippen LogP contribution in [0.5, 0.6) is 0 Å². The Morgan fingerprint density at radius 1 is 1.17 bits per heavy atom. The first-order valence-electron chi connectivity index (χ1n) is 12.2. The van der Waals surface area contributed by atoms with Gasteiger partial charge in [-0.25, -0.2) is 15.0 Å². The molecule has 2 aliphatic rings. The number of aliphatic hydroxyl groups excluding tert-OH is 2. The van der Waals surface area contributed by atoms with E-state index in [1.807, 2.05) is 22.9 Å². The number of rotatable bonds is 6. The van der Waals surface area contributed by atoms with E-state index >= 15 is 0 Å². The molecule has 1 aromatic carbocycles. The van der Waals surface area contributed by atoms with Gasteiger partial charge in [0.1, 0.15) is 29.7 Å². The fourth-order valence-corrected chi connectivity index (χ4v) is 5.82. The molecule has 0 bridgehead atoms. The number of benzene rings is 1. The van der Waals surface area contributed by atoms with Gasteiger partial charge in [0, 0.05) is 17.6 Å². The molecule has 4 aromatic rings. The molecule has 1 aliphatic heterocycles. The molecule has 8 heteroatoms. The van der Waals surface area contributed by atoms with Gasteiger partial charge in [-0.2, -0.15) is 0 Å². The average molecular weight is 471 g/mol. The molecular weight excluding hydrogens is 440 g/mol. The van der Waals surface area contributed by atoms with Crippen molar-refractivity contribution in [3.63, 3.8) is 0 Å². The lowest BCUT2D eigenvalue weighted by Gasteiger charge is -2.19. The molecular formula is C27H30N6O2. The highest BCUT2D eigenvalue weighted by Gasteiger charge is 2.42. The Morgan fingerprint density at radius 2 is 2.06 bits per heavy atom. The first kappa shape index (κ1) is 22.0. The minimum atomic E-state index is -0.859. The maximum absolute atomic E-state index is 10.8. The van der Waals surface area contributed by atoms with E-state index in [9.17, 15) is 10.2 Å². The number of aliphatic hydroxyl groups is 2. The number of nitrogen functional groups attached to an aromatic ring is 1. The van der Waals surface area contributed by atoms with Crippen molar-refractivity contribution in [1.82, 2.24) is 19.5 Å². The van der Waals surface area contributed by atoms with E-state index in [1.54, 1.807) is 0 Å². The molecule has 5 N–H and O–H groups in total. The number of hydrogen-bond donors (Lipinski definition) is 4. The monoisotopic (exact) mass is 470 g/mol. The summed E-state index contributed by atoms with van der Waals surface area (Å²) in [5.74, 6) is 1.37. The van der Waals surface area contributed by atoms with Crippen molar-refractivity contribution in [1.29, 1.82) is 0 Å². The van der Waals surface area contributed by atoms with Crippen molar-refractivity contribution in [2.45, 2.75) is 56.4 Å². The zero-order valence-electron chi connectivity index (χ0n) is 19.5. The fraction of sp³-hybridized carbons (Fsp3) is 0.370. The summed E-state index contributed by atoms with van der Waals surface area (Å²) in [6.07, 6.45) is 7.77. The van der Waals surface area contributed by atoms with Crippen LogP contribution >= 0.6 is 0 Å². The summed E-state index contributed by atoms with van der Waals surface area (Å²) in [6.45, 7) is 3.85. The van der Waals surface area contributed by atoms with Crippen LogP contribution in [0, 0.1) is 5.92 Å². The van der Waals surface area contributed by atoms with Crippen LogP contribution in [0.2, 0.25) is 0 Å². The molecule has 1 saturated carbocycles. The van der Waals surface area contributed by atoms with E-state index in [0.717, 1.165) is 47.8 Å². The van der Waals surface area contributed by atoms with Gasteiger partial charge in [-0.15, -0.1) is 6.58 Å². The quantitative estimate of drug-likeness (QED) is 0.319. The number of pyridine rings is 1. The lowest BCUT2D eigenvalue weighted by Crippen LogP contribution is -2.29. The number of aryl methyl sites for hydroxylation is 1. The molecule has 1 fully saturated rings. The SMILES string of the molecule is C=CCC1Cc2cc3ccc(CC[C@@H]4C[C@H](n5ccc6c(N)ncnc65)[C@@H](O)[C@H]4O)cc3nc2N1. The Hall–Kier alpha value is -3.49. The van der Waals surface area contributed by atoms with Crippen LogP contribution in [0.4, 0.5) is 11.6 Å². The number of nitrogens with one attached hydrogen (secondary N) is 1. The highest BCUT2D eigenvalue weighted by atomic mass is 16.3. The van der Waals surface area contributed by atoms with Gasteiger partial charge in [0.05, 0.1) is 23.0 Å². The fourth-order valence-electron chi connectivity index (χ4n) is 5.82. The van der Waals surface area contributed by atoms with E-state index in [4.69, 9.17) is 10.7 Å². The molecule has 0 saturated heterocycles. The summed E-state index contributed by atoms with van der Waals surface area (Å²) >= 11 is 0. The highest BCUT2D eigenvalue weighted by molar-refractivity contribution is 5.86. The third kappa shape index (κ3) is 3.83. The third-order valence-electron chi connectivity index (χ3n) is 7.69. The highest BCUT2D eigenvalue weighted by Crippen LogP contribution is 2.40.